The first-order valence-corrected chi connectivity index (χ1v) is 13.1. The van der Waals surface area contributed by atoms with Crippen LogP contribution in [0, 0.1) is 0 Å². The summed E-state index contributed by atoms with van der Waals surface area (Å²) in [5, 5.41) is 0. The van der Waals surface area contributed by atoms with Crippen molar-refractivity contribution in [1.29, 1.82) is 0 Å². The Kier molecular flexibility index (Phi) is 7.60. The van der Waals surface area contributed by atoms with Crippen molar-refractivity contribution in [2.75, 3.05) is 45.8 Å². The summed E-state index contributed by atoms with van der Waals surface area (Å²) in [6, 6.07) is 17.0. The summed E-state index contributed by atoms with van der Waals surface area (Å²) in [6.45, 7) is 5.11. The third kappa shape index (κ3) is 5.57. The minimum atomic E-state index is -3.56. The van der Waals surface area contributed by atoms with Crippen LogP contribution < -0.4 is 0 Å². The number of sulfonamides is 1. The molecule has 2 fully saturated rings. The highest BCUT2D eigenvalue weighted by Crippen LogP contribution is 2.22. The smallest absolute Gasteiger partial charge is 0.253 e. The Morgan fingerprint density at radius 2 is 1.47 bits per heavy atom. The Bertz CT molecular complexity index is 994. The van der Waals surface area contributed by atoms with E-state index in [0.717, 1.165) is 51.7 Å². The summed E-state index contributed by atoms with van der Waals surface area (Å²) >= 11 is 0. The molecule has 0 aliphatic carbocycles. The summed E-state index contributed by atoms with van der Waals surface area (Å²) in [5.74, 6) is -0.0828. The molecule has 2 heterocycles. The normalized spacial score (nSPS) is 18.9. The van der Waals surface area contributed by atoms with Gasteiger partial charge in [0.1, 0.15) is 0 Å². The predicted molar refractivity (Wildman–Crippen MR) is 126 cm³/mol. The van der Waals surface area contributed by atoms with E-state index in [1.165, 1.54) is 5.56 Å². The Morgan fingerprint density at radius 1 is 0.781 bits per heavy atom. The molecule has 0 radical (unpaired) electrons. The maximum atomic E-state index is 13.1. The van der Waals surface area contributed by atoms with Crippen molar-refractivity contribution in [3.8, 4) is 0 Å². The number of carbonyl (C=O) groups excluding carboxylic acids is 1. The van der Waals surface area contributed by atoms with Gasteiger partial charge in [-0.05, 0) is 43.0 Å². The van der Waals surface area contributed by atoms with Gasteiger partial charge in [-0.15, -0.1) is 0 Å². The molecule has 0 aromatic heterocycles. The van der Waals surface area contributed by atoms with E-state index in [2.05, 4.69) is 29.2 Å². The van der Waals surface area contributed by atoms with E-state index in [1.807, 2.05) is 11.0 Å². The number of benzene rings is 2. The molecule has 7 heteroatoms. The number of amides is 1. The van der Waals surface area contributed by atoms with Gasteiger partial charge in [0, 0.05) is 51.4 Å². The molecule has 2 aliphatic heterocycles. The fraction of sp³-hybridized carbons (Fsp3) is 0.480. The SMILES string of the molecule is O=C(c1cccc(S(=O)(=O)N2CCCCCC2)c1)N1CCN(CCc2ccccc2)CC1. The molecule has 172 valence electrons. The van der Waals surface area contributed by atoms with Crippen LogP contribution in [0.15, 0.2) is 59.5 Å². The second-order valence-corrected chi connectivity index (χ2v) is 10.7. The molecular formula is C25H33N3O3S. The first-order chi connectivity index (χ1) is 15.5. The zero-order chi connectivity index (χ0) is 22.4. The number of carbonyl (C=O) groups is 1. The minimum Gasteiger partial charge on any atom is -0.336 e. The van der Waals surface area contributed by atoms with Gasteiger partial charge in [-0.1, -0.05) is 49.2 Å². The maximum Gasteiger partial charge on any atom is 0.253 e. The summed E-state index contributed by atoms with van der Waals surface area (Å²) < 4.78 is 27.8. The van der Waals surface area contributed by atoms with Gasteiger partial charge in [0.2, 0.25) is 10.0 Å². The standard InChI is InChI=1S/C25H33N3O3S/c29-25(27-19-17-26(18-20-27)16-13-22-9-4-3-5-10-22)23-11-8-12-24(21-23)32(30,31)28-14-6-1-2-7-15-28/h3-5,8-12,21H,1-2,6-7,13-20H2. The van der Waals surface area contributed by atoms with Crippen molar-refractivity contribution in [3.63, 3.8) is 0 Å². The van der Waals surface area contributed by atoms with E-state index in [0.29, 0.717) is 31.7 Å². The van der Waals surface area contributed by atoms with Crippen molar-refractivity contribution in [2.24, 2.45) is 0 Å². The zero-order valence-corrected chi connectivity index (χ0v) is 19.5. The second kappa shape index (κ2) is 10.6. The molecule has 2 saturated heterocycles. The van der Waals surface area contributed by atoms with Crippen LogP contribution in [0.4, 0.5) is 0 Å². The Morgan fingerprint density at radius 3 is 2.16 bits per heavy atom. The van der Waals surface area contributed by atoms with E-state index < -0.39 is 10.0 Å². The number of hydrogen-bond acceptors (Lipinski definition) is 4. The summed E-state index contributed by atoms with van der Waals surface area (Å²) in [7, 11) is -3.56. The number of rotatable bonds is 6. The van der Waals surface area contributed by atoms with Gasteiger partial charge in [0.05, 0.1) is 4.90 Å². The van der Waals surface area contributed by atoms with Crippen molar-refractivity contribution in [1.82, 2.24) is 14.1 Å². The molecule has 4 rings (SSSR count). The fourth-order valence-electron chi connectivity index (χ4n) is 4.51. The minimum absolute atomic E-state index is 0.0828. The molecule has 2 aliphatic rings. The summed E-state index contributed by atoms with van der Waals surface area (Å²) in [6.07, 6.45) is 4.94. The summed E-state index contributed by atoms with van der Waals surface area (Å²) in [5.41, 5.74) is 1.78. The number of hydrogen-bond donors (Lipinski definition) is 0. The van der Waals surface area contributed by atoms with E-state index >= 15 is 0 Å². The third-order valence-electron chi connectivity index (χ3n) is 6.50. The third-order valence-corrected chi connectivity index (χ3v) is 8.40. The van der Waals surface area contributed by atoms with Gasteiger partial charge < -0.3 is 4.90 Å². The van der Waals surface area contributed by atoms with Crippen LogP contribution in [-0.2, 0) is 16.4 Å². The first kappa shape index (κ1) is 23.0. The topological polar surface area (TPSA) is 60.9 Å². The number of nitrogens with zero attached hydrogens (tertiary/aromatic N) is 3. The molecule has 2 aromatic carbocycles. The highest BCUT2D eigenvalue weighted by Gasteiger charge is 2.27. The van der Waals surface area contributed by atoms with Crippen LogP contribution >= 0.6 is 0 Å². The Hall–Kier alpha value is -2.22. The van der Waals surface area contributed by atoms with Crippen LogP contribution in [0.25, 0.3) is 0 Å². The van der Waals surface area contributed by atoms with Gasteiger partial charge in [0.25, 0.3) is 5.91 Å². The Labute approximate surface area is 191 Å². The predicted octanol–water partition coefficient (Wildman–Crippen LogP) is 3.25. The van der Waals surface area contributed by atoms with Crippen LogP contribution in [0.3, 0.4) is 0 Å². The molecule has 1 amide bonds. The molecule has 0 spiro atoms. The monoisotopic (exact) mass is 455 g/mol. The van der Waals surface area contributed by atoms with Gasteiger partial charge >= 0.3 is 0 Å². The lowest BCUT2D eigenvalue weighted by Crippen LogP contribution is -2.49. The van der Waals surface area contributed by atoms with E-state index in [-0.39, 0.29) is 10.8 Å². The van der Waals surface area contributed by atoms with Crippen molar-refractivity contribution < 1.29 is 13.2 Å². The zero-order valence-electron chi connectivity index (χ0n) is 18.7. The van der Waals surface area contributed by atoms with Crippen molar-refractivity contribution >= 4 is 15.9 Å². The molecule has 32 heavy (non-hydrogen) atoms. The van der Waals surface area contributed by atoms with Gasteiger partial charge in [-0.3, -0.25) is 9.69 Å². The molecule has 0 N–H and O–H groups in total. The lowest BCUT2D eigenvalue weighted by Gasteiger charge is -2.35. The molecule has 0 unspecified atom stereocenters. The highest BCUT2D eigenvalue weighted by atomic mass is 32.2. The van der Waals surface area contributed by atoms with Gasteiger partial charge in [0.15, 0.2) is 0 Å². The molecule has 2 aromatic rings. The van der Waals surface area contributed by atoms with Crippen LogP contribution in [0.5, 0.6) is 0 Å². The highest BCUT2D eigenvalue weighted by molar-refractivity contribution is 7.89. The summed E-state index contributed by atoms with van der Waals surface area (Å²) in [4.78, 5) is 17.6. The Balaban J connectivity index is 1.36. The number of piperazine rings is 1. The molecular weight excluding hydrogens is 422 g/mol. The van der Waals surface area contributed by atoms with Crippen LogP contribution in [-0.4, -0.2) is 74.2 Å². The van der Waals surface area contributed by atoms with Crippen molar-refractivity contribution in [3.05, 3.63) is 65.7 Å². The van der Waals surface area contributed by atoms with Crippen molar-refractivity contribution in [2.45, 2.75) is 37.0 Å². The van der Waals surface area contributed by atoms with E-state index in [9.17, 15) is 13.2 Å². The second-order valence-electron chi connectivity index (χ2n) is 8.72. The van der Waals surface area contributed by atoms with E-state index in [1.54, 1.807) is 28.6 Å². The lowest BCUT2D eigenvalue weighted by molar-refractivity contribution is 0.0638. The average Bonchev–Trinajstić information content (AvgIpc) is 3.14. The largest absolute Gasteiger partial charge is 0.336 e. The lowest BCUT2D eigenvalue weighted by atomic mass is 10.1. The van der Waals surface area contributed by atoms with Crippen LogP contribution in [0.1, 0.15) is 41.6 Å². The molecule has 0 saturated carbocycles. The fourth-order valence-corrected chi connectivity index (χ4v) is 6.07. The van der Waals surface area contributed by atoms with Crippen LogP contribution in [0.2, 0.25) is 0 Å². The quantitative estimate of drug-likeness (QED) is 0.671. The molecule has 0 bridgehead atoms. The van der Waals surface area contributed by atoms with E-state index in [4.69, 9.17) is 0 Å². The molecule has 0 atom stereocenters. The first-order valence-electron chi connectivity index (χ1n) is 11.7. The van der Waals surface area contributed by atoms with Gasteiger partial charge in [-0.25, -0.2) is 8.42 Å². The maximum absolute atomic E-state index is 13.1. The van der Waals surface area contributed by atoms with Gasteiger partial charge in [-0.2, -0.15) is 4.31 Å². The molecule has 6 nitrogen and oxygen atoms in total. The average molecular weight is 456 g/mol.